The van der Waals surface area contributed by atoms with Crippen molar-refractivity contribution in [3.63, 3.8) is 0 Å². The third-order valence-electron chi connectivity index (χ3n) is 4.35. The lowest BCUT2D eigenvalue weighted by atomic mass is 9.86. The van der Waals surface area contributed by atoms with Crippen molar-refractivity contribution >= 4 is 11.7 Å². The molecule has 0 saturated carbocycles. The number of rotatable bonds is 5. The highest BCUT2D eigenvalue weighted by Gasteiger charge is 2.34. The number of benzene rings is 1. The Kier molecular flexibility index (Phi) is 4.83. The van der Waals surface area contributed by atoms with Crippen LogP contribution in [0.2, 0.25) is 0 Å². The summed E-state index contributed by atoms with van der Waals surface area (Å²) in [5.41, 5.74) is 0.213. The number of hydrogen-bond acceptors (Lipinski definition) is 3. The third-order valence-corrected chi connectivity index (χ3v) is 4.35. The van der Waals surface area contributed by atoms with Gasteiger partial charge in [0.15, 0.2) is 0 Å². The molecule has 21 heavy (non-hydrogen) atoms. The van der Waals surface area contributed by atoms with Gasteiger partial charge in [0.05, 0.1) is 11.2 Å². The maximum Gasteiger partial charge on any atom is 0.338 e. The van der Waals surface area contributed by atoms with E-state index in [1.807, 2.05) is 0 Å². The normalized spacial score (nSPS) is 21.0. The fourth-order valence-corrected chi connectivity index (χ4v) is 2.91. The summed E-state index contributed by atoms with van der Waals surface area (Å²) in [5.74, 6) is -1.96. The molecule has 0 amide bonds. The predicted octanol–water partition coefficient (Wildman–Crippen LogP) is 3.67. The molecule has 5 heteroatoms. The van der Waals surface area contributed by atoms with E-state index in [0.717, 1.165) is 25.7 Å². The van der Waals surface area contributed by atoms with Gasteiger partial charge in [0, 0.05) is 18.3 Å². The minimum absolute atomic E-state index is 0.102. The number of halogens is 1. The van der Waals surface area contributed by atoms with E-state index >= 15 is 0 Å². The van der Waals surface area contributed by atoms with Gasteiger partial charge in [-0.1, -0.05) is 13.8 Å². The molecule has 1 unspecified atom stereocenters. The van der Waals surface area contributed by atoms with E-state index in [9.17, 15) is 9.18 Å². The molecule has 0 bridgehead atoms. The van der Waals surface area contributed by atoms with E-state index < -0.39 is 11.8 Å². The standard InChI is InChI=1S/C16H22FNO3/c1-3-16(4-2)10-12(7-8-21-16)18-11-5-6-13(15(19)20)14(17)9-11/h5-6,9,12,18H,3-4,7-8,10H2,1-2H3,(H,19,20). The molecule has 1 aromatic rings. The van der Waals surface area contributed by atoms with Crippen LogP contribution in [0.25, 0.3) is 0 Å². The van der Waals surface area contributed by atoms with Crippen molar-refractivity contribution in [2.45, 2.75) is 51.2 Å². The summed E-state index contributed by atoms with van der Waals surface area (Å²) in [6.45, 7) is 4.93. The van der Waals surface area contributed by atoms with Crippen molar-refractivity contribution < 1.29 is 19.0 Å². The summed E-state index contributed by atoms with van der Waals surface area (Å²) in [6, 6.07) is 4.38. The quantitative estimate of drug-likeness (QED) is 0.870. The third kappa shape index (κ3) is 3.53. The van der Waals surface area contributed by atoms with E-state index in [4.69, 9.17) is 9.84 Å². The van der Waals surface area contributed by atoms with Crippen molar-refractivity contribution in [2.24, 2.45) is 0 Å². The van der Waals surface area contributed by atoms with Crippen molar-refractivity contribution in [2.75, 3.05) is 11.9 Å². The highest BCUT2D eigenvalue weighted by atomic mass is 19.1. The molecule has 0 aromatic heterocycles. The number of hydrogen-bond donors (Lipinski definition) is 2. The molecule has 1 fully saturated rings. The summed E-state index contributed by atoms with van der Waals surface area (Å²) in [6.07, 6.45) is 3.65. The minimum Gasteiger partial charge on any atom is -0.478 e. The first kappa shape index (κ1) is 15.8. The first-order valence-corrected chi connectivity index (χ1v) is 7.43. The molecule has 0 spiro atoms. The lowest BCUT2D eigenvalue weighted by molar-refractivity contribution is -0.0864. The number of carboxylic acids is 1. The van der Waals surface area contributed by atoms with Gasteiger partial charge >= 0.3 is 5.97 Å². The molecule has 2 N–H and O–H groups in total. The van der Waals surface area contributed by atoms with Crippen LogP contribution in [-0.4, -0.2) is 29.3 Å². The second kappa shape index (κ2) is 6.43. The van der Waals surface area contributed by atoms with Crippen molar-refractivity contribution in [1.29, 1.82) is 0 Å². The Bertz CT molecular complexity index is 514. The van der Waals surface area contributed by atoms with Crippen LogP contribution in [0.1, 0.15) is 49.9 Å². The van der Waals surface area contributed by atoms with Crippen LogP contribution in [0.3, 0.4) is 0 Å². The highest BCUT2D eigenvalue weighted by Crippen LogP contribution is 2.32. The van der Waals surface area contributed by atoms with Crippen LogP contribution in [0.5, 0.6) is 0 Å². The Balaban J connectivity index is 2.08. The van der Waals surface area contributed by atoms with E-state index in [-0.39, 0.29) is 17.2 Å². The average Bonchev–Trinajstić information content (AvgIpc) is 2.47. The number of carbonyl (C=O) groups is 1. The van der Waals surface area contributed by atoms with E-state index in [1.165, 1.54) is 12.1 Å². The van der Waals surface area contributed by atoms with Gasteiger partial charge < -0.3 is 15.2 Å². The molecule has 1 aromatic carbocycles. The summed E-state index contributed by atoms with van der Waals surface area (Å²) >= 11 is 0. The molecule has 1 aliphatic rings. The molecule has 1 atom stereocenters. The van der Waals surface area contributed by atoms with Crippen LogP contribution >= 0.6 is 0 Å². The highest BCUT2D eigenvalue weighted by molar-refractivity contribution is 5.88. The van der Waals surface area contributed by atoms with Crippen molar-refractivity contribution in [3.8, 4) is 0 Å². The Labute approximate surface area is 124 Å². The second-order valence-electron chi connectivity index (χ2n) is 5.57. The smallest absolute Gasteiger partial charge is 0.338 e. The van der Waals surface area contributed by atoms with Crippen molar-refractivity contribution in [1.82, 2.24) is 0 Å². The molecule has 1 aliphatic heterocycles. The van der Waals surface area contributed by atoms with Crippen molar-refractivity contribution in [3.05, 3.63) is 29.6 Å². The van der Waals surface area contributed by atoms with Crippen LogP contribution in [-0.2, 0) is 4.74 Å². The molecule has 0 aliphatic carbocycles. The van der Waals surface area contributed by atoms with Gasteiger partial charge in [-0.2, -0.15) is 0 Å². The zero-order valence-electron chi connectivity index (χ0n) is 12.5. The van der Waals surface area contributed by atoms with Crippen LogP contribution in [0, 0.1) is 5.82 Å². The number of aromatic carboxylic acids is 1. The molecule has 0 radical (unpaired) electrons. The van der Waals surface area contributed by atoms with Gasteiger partial charge in [-0.15, -0.1) is 0 Å². The zero-order chi connectivity index (χ0) is 15.5. The zero-order valence-corrected chi connectivity index (χ0v) is 12.5. The first-order chi connectivity index (χ1) is 9.99. The SMILES string of the molecule is CCC1(CC)CC(Nc2ccc(C(=O)O)c(F)c2)CCO1. The maximum absolute atomic E-state index is 13.7. The molecule has 4 nitrogen and oxygen atoms in total. The minimum atomic E-state index is -1.25. The van der Waals surface area contributed by atoms with Gasteiger partial charge in [-0.3, -0.25) is 0 Å². The Morgan fingerprint density at radius 3 is 2.76 bits per heavy atom. The molecular formula is C16H22FNO3. The van der Waals surface area contributed by atoms with E-state index in [2.05, 4.69) is 19.2 Å². The van der Waals surface area contributed by atoms with Crippen LogP contribution < -0.4 is 5.32 Å². The summed E-state index contributed by atoms with van der Waals surface area (Å²) in [4.78, 5) is 10.8. The van der Waals surface area contributed by atoms with E-state index in [1.54, 1.807) is 6.07 Å². The fraction of sp³-hybridized carbons (Fsp3) is 0.562. The molecular weight excluding hydrogens is 273 g/mol. The van der Waals surface area contributed by atoms with Gasteiger partial charge in [0.2, 0.25) is 0 Å². The lowest BCUT2D eigenvalue weighted by Crippen LogP contribution is -2.43. The molecule has 1 saturated heterocycles. The molecule has 116 valence electrons. The number of carboxylic acid groups (broad SMARTS) is 1. The average molecular weight is 295 g/mol. The molecule has 2 rings (SSSR count). The summed E-state index contributed by atoms with van der Waals surface area (Å²) in [7, 11) is 0. The maximum atomic E-state index is 13.7. The summed E-state index contributed by atoms with van der Waals surface area (Å²) in [5, 5.41) is 12.1. The Hall–Kier alpha value is -1.62. The van der Waals surface area contributed by atoms with Gasteiger partial charge in [-0.25, -0.2) is 9.18 Å². The van der Waals surface area contributed by atoms with Gasteiger partial charge in [0.25, 0.3) is 0 Å². The number of anilines is 1. The Morgan fingerprint density at radius 1 is 1.48 bits per heavy atom. The van der Waals surface area contributed by atoms with Gasteiger partial charge in [0.1, 0.15) is 5.82 Å². The largest absolute Gasteiger partial charge is 0.478 e. The monoisotopic (exact) mass is 295 g/mol. The number of nitrogens with one attached hydrogen (secondary N) is 1. The fourth-order valence-electron chi connectivity index (χ4n) is 2.91. The Morgan fingerprint density at radius 2 is 2.19 bits per heavy atom. The topological polar surface area (TPSA) is 58.6 Å². The van der Waals surface area contributed by atoms with E-state index in [0.29, 0.717) is 12.3 Å². The number of ether oxygens (including phenoxy) is 1. The summed E-state index contributed by atoms with van der Waals surface area (Å²) < 4.78 is 19.6. The van der Waals surface area contributed by atoms with Gasteiger partial charge in [-0.05, 0) is 43.9 Å². The molecule has 1 heterocycles. The lowest BCUT2D eigenvalue weighted by Gasteiger charge is -2.40. The van der Waals surface area contributed by atoms with Crippen LogP contribution in [0.15, 0.2) is 18.2 Å². The van der Waals surface area contributed by atoms with Crippen LogP contribution in [0.4, 0.5) is 10.1 Å². The predicted molar refractivity (Wildman–Crippen MR) is 79.3 cm³/mol. The second-order valence-corrected chi connectivity index (χ2v) is 5.57. The first-order valence-electron chi connectivity index (χ1n) is 7.43.